The number of rotatable bonds is 5. The molecule has 0 saturated carbocycles. The molecule has 1 N–H and O–H groups in total. The SMILES string of the molecule is O=C(OCc1ccc(F)cc1)N1CCC(CNc2ncccn2)C(F)(F)C1. The Morgan fingerprint density at radius 3 is 2.63 bits per heavy atom. The van der Waals surface area contributed by atoms with Crippen LogP contribution in [0.15, 0.2) is 42.7 Å². The van der Waals surface area contributed by atoms with Gasteiger partial charge < -0.3 is 15.0 Å². The molecule has 27 heavy (non-hydrogen) atoms. The maximum absolute atomic E-state index is 14.4. The molecule has 1 aromatic heterocycles. The summed E-state index contributed by atoms with van der Waals surface area (Å²) in [5, 5.41) is 2.80. The number of carbonyl (C=O) groups excluding carboxylic acids is 1. The lowest BCUT2D eigenvalue weighted by molar-refractivity contribution is -0.102. The molecule has 0 aliphatic carbocycles. The van der Waals surface area contributed by atoms with Crippen LogP contribution in [0.25, 0.3) is 0 Å². The molecule has 9 heteroatoms. The van der Waals surface area contributed by atoms with Gasteiger partial charge in [0.2, 0.25) is 5.95 Å². The number of hydrogen-bond donors (Lipinski definition) is 1. The maximum atomic E-state index is 14.4. The fourth-order valence-corrected chi connectivity index (χ4v) is 2.81. The first kappa shape index (κ1) is 18.9. The second-order valence-corrected chi connectivity index (χ2v) is 6.30. The van der Waals surface area contributed by atoms with E-state index in [2.05, 4.69) is 15.3 Å². The third-order valence-electron chi connectivity index (χ3n) is 4.35. The molecule has 0 bridgehead atoms. The molecule has 1 amide bonds. The molecule has 1 aliphatic rings. The highest BCUT2D eigenvalue weighted by Crippen LogP contribution is 2.33. The summed E-state index contributed by atoms with van der Waals surface area (Å²) in [6, 6.07) is 7.07. The predicted octanol–water partition coefficient (Wildman–Crippen LogP) is 3.32. The quantitative estimate of drug-likeness (QED) is 0.862. The minimum Gasteiger partial charge on any atom is -0.445 e. The molecule has 0 radical (unpaired) electrons. The Bertz CT molecular complexity index is 759. The lowest BCUT2D eigenvalue weighted by atomic mass is 9.93. The number of piperidine rings is 1. The molecule has 144 valence electrons. The molecule has 3 rings (SSSR count). The monoisotopic (exact) mass is 380 g/mol. The summed E-state index contributed by atoms with van der Waals surface area (Å²) in [5.74, 6) is -4.12. The van der Waals surface area contributed by atoms with Crippen molar-refractivity contribution in [3.8, 4) is 0 Å². The molecular weight excluding hydrogens is 361 g/mol. The van der Waals surface area contributed by atoms with E-state index in [0.717, 1.165) is 4.90 Å². The van der Waals surface area contributed by atoms with Crippen LogP contribution in [0.4, 0.5) is 23.9 Å². The highest BCUT2D eigenvalue weighted by Gasteiger charge is 2.46. The van der Waals surface area contributed by atoms with Crippen molar-refractivity contribution < 1.29 is 22.7 Å². The molecular formula is C18H19F3N4O2. The molecule has 1 unspecified atom stereocenters. The average molecular weight is 380 g/mol. The van der Waals surface area contributed by atoms with Gasteiger partial charge in [-0.05, 0) is 30.2 Å². The van der Waals surface area contributed by atoms with E-state index in [9.17, 15) is 18.0 Å². The number of ether oxygens (including phenoxy) is 1. The average Bonchev–Trinajstić information content (AvgIpc) is 2.66. The van der Waals surface area contributed by atoms with E-state index in [0.29, 0.717) is 5.56 Å². The Labute approximate surface area is 154 Å². The highest BCUT2D eigenvalue weighted by molar-refractivity contribution is 5.68. The van der Waals surface area contributed by atoms with Crippen LogP contribution in [-0.4, -0.2) is 46.5 Å². The molecule has 2 heterocycles. The fraction of sp³-hybridized carbons (Fsp3) is 0.389. The predicted molar refractivity (Wildman–Crippen MR) is 91.7 cm³/mol. The normalized spacial score (nSPS) is 18.8. The number of alkyl halides is 2. The minimum atomic E-state index is -3.06. The van der Waals surface area contributed by atoms with Crippen LogP contribution >= 0.6 is 0 Å². The maximum Gasteiger partial charge on any atom is 0.410 e. The fourth-order valence-electron chi connectivity index (χ4n) is 2.81. The molecule has 1 saturated heterocycles. The van der Waals surface area contributed by atoms with Crippen LogP contribution in [0.5, 0.6) is 0 Å². The first-order valence-corrected chi connectivity index (χ1v) is 8.49. The van der Waals surface area contributed by atoms with E-state index in [4.69, 9.17) is 4.74 Å². The second kappa shape index (κ2) is 8.24. The lowest BCUT2D eigenvalue weighted by Crippen LogP contribution is -2.52. The van der Waals surface area contributed by atoms with Crippen molar-refractivity contribution in [1.82, 2.24) is 14.9 Å². The van der Waals surface area contributed by atoms with Gasteiger partial charge in [0.25, 0.3) is 5.92 Å². The second-order valence-electron chi connectivity index (χ2n) is 6.30. The van der Waals surface area contributed by atoms with E-state index in [-0.39, 0.29) is 32.1 Å². The number of halogens is 3. The van der Waals surface area contributed by atoms with Crippen LogP contribution in [-0.2, 0) is 11.3 Å². The summed E-state index contributed by atoms with van der Waals surface area (Å²) in [5.41, 5.74) is 0.582. The molecule has 1 fully saturated rings. The van der Waals surface area contributed by atoms with Crippen molar-refractivity contribution in [3.63, 3.8) is 0 Å². The number of likely N-dealkylation sites (tertiary alicyclic amines) is 1. The molecule has 1 atom stereocenters. The van der Waals surface area contributed by atoms with E-state index < -0.39 is 30.3 Å². The molecule has 6 nitrogen and oxygen atoms in total. The third kappa shape index (κ3) is 5.08. The topological polar surface area (TPSA) is 67.3 Å². The number of amides is 1. The number of hydrogen-bond acceptors (Lipinski definition) is 5. The van der Waals surface area contributed by atoms with Crippen molar-refractivity contribution in [2.75, 3.05) is 25.0 Å². The zero-order chi connectivity index (χ0) is 19.3. The van der Waals surface area contributed by atoms with Gasteiger partial charge in [0.05, 0.1) is 6.54 Å². The summed E-state index contributed by atoms with van der Waals surface area (Å²) < 4.78 is 46.8. The van der Waals surface area contributed by atoms with Crippen LogP contribution < -0.4 is 5.32 Å². The van der Waals surface area contributed by atoms with E-state index in [1.165, 1.54) is 36.7 Å². The number of nitrogens with zero attached hydrogens (tertiary/aromatic N) is 3. The standard InChI is InChI=1S/C18H19F3N4O2/c19-15-4-2-13(3-5-15)11-27-17(26)25-9-6-14(18(20,21)12-25)10-24-16-22-7-1-8-23-16/h1-5,7-8,14H,6,9-12H2,(H,22,23,24). The van der Waals surface area contributed by atoms with Crippen molar-refractivity contribution in [1.29, 1.82) is 0 Å². The number of aromatic nitrogens is 2. The van der Waals surface area contributed by atoms with Crippen LogP contribution in [0, 0.1) is 11.7 Å². The van der Waals surface area contributed by atoms with Gasteiger partial charge in [-0.1, -0.05) is 12.1 Å². The molecule has 0 spiro atoms. The smallest absolute Gasteiger partial charge is 0.410 e. The first-order valence-electron chi connectivity index (χ1n) is 8.49. The van der Waals surface area contributed by atoms with Gasteiger partial charge in [-0.15, -0.1) is 0 Å². The summed E-state index contributed by atoms with van der Waals surface area (Å²) in [7, 11) is 0. The lowest BCUT2D eigenvalue weighted by Gasteiger charge is -2.37. The summed E-state index contributed by atoms with van der Waals surface area (Å²) in [6.07, 6.45) is 2.36. The van der Waals surface area contributed by atoms with Crippen LogP contribution in [0.3, 0.4) is 0 Å². The zero-order valence-electron chi connectivity index (χ0n) is 14.4. The zero-order valence-corrected chi connectivity index (χ0v) is 14.4. The van der Waals surface area contributed by atoms with Crippen molar-refractivity contribution in [2.24, 2.45) is 5.92 Å². The Kier molecular flexibility index (Phi) is 5.78. The number of carbonyl (C=O) groups is 1. The third-order valence-corrected chi connectivity index (χ3v) is 4.35. The Morgan fingerprint density at radius 2 is 1.96 bits per heavy atom. The van der Waals surface area contributed by atoms with Gasteiger partial charge in [0.1, 0.15) is 12.4 Å². The Morgan fingerprint density at radius 1 is 1.26 bits per heavy atom. The largest absolute Gasteiger partial charge is 0.445 e. The van der Waals surface area contributed by atoms with Gasteiger partial charge in [-0.3, -0.25) is 0 Å². The number of anilines is 1. The number of benzene rings is 1. The molecule has 1 aromatic carbocycles. The Balaban J connectivity index is 1.49. The van der Waals surface area contributed by atoms with Gasteiger partial charge in [-0.25, -0.2) is 27.9 Å². The molecule has 1 aliphatic heterocycles. The Hall–Kier alpha value is -2.84. The van der Waals surface area contributed by atoms with Crippen LogP contribution in [0.1, 0.15) is 12.0 Å². The van der Waals surface area contributed by atoms with Crippen molar-refractivity contribution in [2.45, 2.75) is 19.0 Å². The summed E-state index contributed by atoms with van der Waals surface area (Å²) in [6.45, 7) is -0.635. The summed E-state index contributed by atoms with van der Waals surface area (Å²) >= 11 is 0. The summed E-state index contributed by atoms with van der Waals surface area (Å²) in [4.78, 5) is 20.9. The molecule has 2 aromatic rings. The van der Waals surface area contributed by atoms with E-state index >= 15 is 0 Å². The number of nitrogens with one attached hydrogen (secondary N) is 1. The van der Waals surface area contributed by atoms with Crippen molar-refractivity contribution in [3.05, 3.63) is 54.1 Å². The van der Waals surface area contributed by atoms with Gasteiger partial charge in [0, 0.05) is 31.4 Å². The van der Waals surface area contributed by atoms with Gasteiger partial charge in [0.15, 0.2) is 0 Å². The van der Waals surface area contributed by atoms with E-state index in [1.54, 1.807) is 6.07 Å². The van der Waals surface area contributed by atoms with Gasteiger partial charge in [-0.2, -0.15) is 0 Å². The van der Waals surface area contributed by atoms with Crippen molar-refractivity contribution >= 4 is 12.0 Å². The highest BCUT2D eigenvalue weighted by atomic mass is 19.3. The minimum absolute atomic E-state index is 0.00941. The van der Waals surface area contributed by atoms with Gasteiger partial charge >= 0.3 is 6.09 Å². The van der Waals surface area contributed by atoms with E-state index in [1.807, 2.05) is 0 Å². The van der Waals surface area contributed by atoms with Crippen LogP contribution in [0.2, 0.25) is 0 Å². The first-order chi connectivity index (χ1) is 12.9.